The fourth-order valence-electron chi connectivity index (χ4n) is 1.49. The van der Waals surface area contributed by atoms with Gasteiger partial charge in [-0.15, -0.1) is 0 Å². The standard InChI is InChI=1S/C12H9BrClN3O2/c13-9-5-11(17(18)19)12(16-7-9)15-6-8-1-3-10(14)4-2-8/h1-5,7H,6H2,(H,15,16). The molecule has 0 unspecified atom stereocenters. The molecular formula is C12H9BrClN3O2. The van der Waals surface area contributed by atoms with Crippen molar-refractivity contribution in [1.82, 2.24) is 4.98 Å². The second-order valence-electron chi connectivity index (χ2n) is 3.76. The number of aromatic nitrogens is 1. The van der Waals surface area contributed by atoms with Crippen molar-refractivity contribution in [2.24, 2.45) is 0 Å². The van der Waals surface area contributed by atoms with Crippen LogP contribution in [-0.4, -0.2) is 9.91 Å². The number of hydrogen-bond donors (Lipinski definition) is 1. The lowest BCUT2D eigenvalue weighted by atomic mass is 10.2. The maximum absolute atomic E-state index is 10.9. The second kappa shape index (κ2) is 5.99. The minimum Gasteiger partial charge on any atom is -0.360 e. The highest BCUT2D eigenvalue weighted by Crippen LogP contribution is 2.25. The van der Waals surface area contributed by atoms with Crippen molar-refractivity contribution in [3.8, 4) is 0 Å². The van der Waals surface area contributed by atoms with Crippen LogP contribution in [-0.2, 0) is 6.54 Å². The molecule has 7 heteroatoms. The summed E-state index contributed by atoms with van der Waals surface area (Å²) in [6.07, 6.45) is 1.51. The molecule has 2 aromatic rings. The summed E-state index contributed by atoms with van der Waals surface area (Å²) in [5.41, 5.74) is 0.895. The van der Waals surface area contributed by atoms with E-state index in [0.717, 1.165) is 5.56 Å². The summed E-state index contributed by atoms with van der Waals surface area (Å²) < 4.78 is 0.566. The molecule has 0 bridgehead atoms. The Hall–Kier alpha value is -1.66. The largest absolute Gasteiger partial charge is 0.360 e. The summed E-state index contributed by atoms with van der Waals surface area (Å²) in [6.45, 7) is 0.437. The van der Waals surface area contributed by atoms with Crippen LogP contribution < -0.4 is 5.32 Å². The number of hydrogen-bond acceptors (Lipinski definition) is 4. The Balaban J connectivity index is 2.15. The lowest BCUT2D eigenvalue weighted by Crippen LogP contribution is -2.04. The molecule has 0 spiro atoms. The highest BCUT2D eigenvalue weighted by Gasteiger charge is 2.15. The van der Waals surface area contributed by atoms with Gasteiger partial charge >= 0.3 is 5.69 Å². The van der Waals surface area contributed by atoms with Gasteiger partial charge in [0.15, 0.2) is 0 Å². The topological polar surface area (TPSA) is 68.1 Å². The minimum atomic E-state index is -0.470. The molecule has 19 heavy (non-hydrogen) atoms. The van der Waals surface area contributed by atoms with Gasteiger partial charge in [0.25, 0.3) is 0 Å². The van der Waals surface area contributed by atoms with Gasteiger partial charge < -0.3 is 5.32 Å². The molecular weight excluding hydrogens is 334 g/mol. The van der Waals surface area contributed by atoms with E-state index in [9.17, 15) is 10.1 Å². The van der Waals surface area contributed by atoms with Crippen molar-refractivity contribution in [3.63, 3.8) is 0 Å². The highest BCUT2D eigenvalue weighted by molar-refractivity contribution is 9.10. The zero-order valence-corrected chi connectivity index (χ0v) is 12.0. The lowest BCUT2D eigenvalue weighted by Gasteiger charge is -2.06. The van der Waals surface area contributed by atoms with E-state index in [4.69, 9.17) is 11.6 Å². The molecule has 0 aliphatic heterocycles. The van der Waals surface area contributed by atoms with Crippen LogP contribution in [0.5, 0.6) is 0 Å². The van der Waals surface area contributed by atoms with Gasteiger partial charge in [-0.25, -0.2) is 4.98 Å². The number of nitrogens with one attached hydrogen (secondary N) is 1. The zero-order valence-electron chi connectivity index (χ0n) is 9.64. The fourth-order valence-corrected chi connectivity index (χ4v) is 1.94. The summed E-state index contributed by atoms with van der Waals surface area (Å²) in [7, 11) is 0. The fraction of sp³-hybridized carbons (Fsp3) is 0.0833. The van der Waals surface area contributed by atoms with E-state index < -0.39 is 4.92 Å². The van der Waals surface area contributed by atoms with E-state index >= 15 is 0 Å². The molecule has 0 radical (unpaired) electrons. The Morgan fingerprint density at radius 2 is 2.05 bits per heavy atom. The molecule has 0 aliphatic carbocycles. The van der Waals surface area contributed by atoms with E-state index in [0.29, 0.717) is 16.0 Å². The molecule has 0 amide bonds. The van der Waals surface area contributed by atoms with Crippen molar-refractivity contribution >= 4 is 39.0 Å². The Morgan fingerprint density at radius 1 is 1.37 bits per heavy atom. The summed E-state index contributed by atoms with van der Waals surface area (Å²) in [5.74, 6) is 0.239. The molecule has 0 aliphatic rings. The Labute approximate surface area is 122 Å². The summed E-state index contributed by atoms with van der Waals surface area (Å²) in [5, 5.41) is 14.5. The van der Waals surface area contributed by atoms with Crippen LogP contribution in [0.25, 0.3) is 0 Å². The molecule has 98 valence electrons. The molecule has 1 N–H and O–H groups in total. The van der Waals surface area contributed by atoms with Gasteiger partial charge in [-0.1, -0.05) is 23.7 Å². The van der Waals surface area contributed by atoms with Gasteiger partial charge in [-0.2, -0.15) is 0 Å². The minimum absolute atomic E-state index is 0.0664. The molecule has 0 fully saturated rings. The van der Waals surface area contributed by atoms with Gasteiger partial charge in [0, 0.05) is 28.3 Å². The zero-order chi connectivity index (χ0) is 13.8. The first-order valence-electron chi connectivity index (χ1n) is 5.34. The van der Waals surface area contributed by atoms with Crippen LogP contribution in [0, 0.1) is 10.1 Å². The van der Waals surface area contributed by atoms with Crippen LogP contribution in [0.15, 0.2) is 41.0 Å². The average Bonchev–Trinajstić information content (AvgIpc) is 2.39. The number of anilines is 1. The van der Waals surface area contributed by atoms with Crippen LogP contribution in [0.3, 0.4) is 0 Å². The smallest absolute Gasteiger partial charge is 0.312 e. The summed E-state index contributed by atoms with van der Waals surface area (Å²) in [6, 6.07) is 8.64. The first kappa shape index (κ1) is 13.8. The van der Waals surface area contributed by atoms with Gasteiger partial charge in [0.05, 0.1) is 4.92 Å². The number of halogens is 2. The number of rotatable bonds is 4. The van der Waals surface area contributed by atoms with Crippen LogP contribution >= 0.6 is 27.5 Å². The monoisotopic (exact) mass is 341 g/mol. The van der Waals surface area contributed by atoms with Crippen molar-refractivity contribution in [2.45, 2.75) is 6.54 Å². The average molecular weight is 343 g/mol. The third kappa shape index (κ3) is 3.65. The van der Waals surface area contributed by atoms with Gasteiger partial charge in [0.1, 0.15) is 0 Å². The summed E-state index contributed by atoms with van der Waals surface area (Å²) >= 11 is 8.94. The third-order valence-corrected chi connectivity index (χ3v) is 3.09. The highest BCUT2D eigenvalue weighted by atomic mass is 79.9. The maximum Gasteiger partial charge on any atom is 0.312 e. The van der Waals surface area contributed by atoms with Crippen molar-refractivity contribution < 1.29 is 4.92 Å². The molecule has 1 aromatic heterocycles. The van der Waals surface area contributed by atoms with Crippen molar-refractivity contribution in [2.75, 3.05) is 5.32 Å². The first-order chi connectivity index (χ1) is 9.06. The van der Waals surface area contributed by atoms with E-state index in [1.54, 1.807) is 12.1 Å². The lowest BCUT2D eigenvalue weighted by molar-refractivity contribution is -0.384. The van der Waals surface area contributed by atoms with Crippen LogP contribution in [0.4, 0.5) is 11.5 Å². The first-order valence-corrected chi connectivity index (χ1v) is 6.51. The quantitative estimate of drug-likeness (QED) is 0.673. The SMILES string of the molecule is O=[N+]([O-])c1cc(Br)cnc1NCc1ccc(Cl)cc1. The summed E-state index contributed by atoms with van der Waals surface area (Å²) in [4.78, 5) is 14.5. The van der Waals surface area contributed by atoms with Gasteiger partial charge in [-0.3, -0.25) is 10.1 Å². The number of nitro groups is 1. The van der Waals surface area contributed by atoms with Crippen molar-refractivity contribution in [1.29, 1.82) is 0 Å². The van der Waals surface area contributed by atoms with E-state index in [1.807, 2.05) is 12.1 Å². The molecule has 2 rings (SSSR count). The number of pyridine rings is 1. The van der Waals surface area contributed by atoms with Crippen molar-refractivity contribution in [3.05, 3.63) is 61.7 Å². The molecule has 1 heterocycles. The predicted octanol–water partition coefficient (Wildman–Crippen LogP) is 4.02. The molecule has 0 atom stereocenters. The molecule has 5 nitrogen and oxygen atoms in total. The van der Waals surface area contributed by atoms with E-state index in [-0.39, 0.29) is 11.5 Å². The predicted molar refractivity (Wildman–Crippen MR) is 77.4 cm³/mol. The third-order valence-electron chi connectivity index (χ3n) is 2.40. The van der Waals surface area contributed by atoms with Crippen LogP contribution in [0.1, 0.15) is 5.56 Å². The normalized spacial score (nSPS) is 10.2. The Bertz CT molecular complexity index is 604. The molecule has 0 saturated carbocycles. The van der Waals surface area contributed by atoms with E-state index in [2.05, 4.69) is 26.2 Å². The Morgan fingerprint density at radius 3 is 2.68 bits per heavy atom. The van der Waals surface area contributed by atoms with E-state index in [1.165, 1.54) is 12.3 Å². The number of benzene rings is 1. The Kier molecular flexibility index (Phi) is 4.34. The maximum atomic E-state index is 10.9. The molecule has 1 aromatic carbocycles. The second-order valence-corrected chi connectivity index (χ2v) is 5.11. The molecule has 0 saturated heterocycles. The van der Waals surface area contributed by atoms with Gasteiger partial charge in [0.2, 0.25) is 5.82 Å². The van der Waals surface area contributed by atoms with Gasteiger partial charge in [-0.05, 0) is 33.6 Å². The van der Waals surface area contributed by atoms with Crippen LogP contribution in [0.2, 0.25) is 5.02 Å². The number of nitrogens with zero attached hydrogens (tertiary/aromatic N) is 2.